The first-order chi connectivity index (χ1) is 15.4. The number of alkyl halides is 3. The summed E-state index contributed by atoms with van der Waals surface area (Å²) in [7, 11) is 0. The number of piperazine rings is 1. The summed E-state index contributed by atoms with van der Waals surface area (Å²) >= 11 is 0. The third kappa shape index (κ3) is 5.51. The molecule has 0 N–H and O–H groups in total. The number of nitrogens with zero attached hydrogens (tertiary/aromatic N) is 3. The van der Waals surface area contributed by atoms with E-state index in [-0.39, 0.29) is 5.91 Å². The third-order valence-corrected chi connectivity index (χ3v) is 5.90. The van der Waals surface area contributed by atoms with Crippen molar-refractivity contribution in [2.45, 2.75) is 19.0 Å². The number of amides is 1. The molecule has 0 saturated carbocycles. The summed E-state index contributed by atoms with van der Waals surface area (Å²) in [6.45, 7) is 3.89. The molecule has 4 rings (SSSR count). The molecule has 1 aromatic carbocycles. The zero-order valence-corrected chi connectivity index (χ0v) is 17.7. The van der Waals surface area contributed by atoms with Crippen molar-refractivity contribution < 1.29 is 27.4 Å². The van der Waals surface area contributed by atoms with Gasteiger partial charge in [0.05, 0.1) is 17.7 Å². The van der Waals surface area contributed by atoms with Gasteiger partial charge >= 0.3 is 6.18 Å². The van der Waals surface area contributed by atoms with Crippen LogP contribution < -0.4 is 9.64 Å². The van der Waals surface area contributed by atoms with Crippen molar-refractivity contribution in [3.05, 3.63) is 53.7 Å². The fourth-order valence-electron chi connectivity index (χ4n) is 3.94. The molecule has 32 heavy (non-hydrogen) atoms. The van der Waals surface area contributed by atoms with Crippen molar-refractivity contribution in [1.82, 2.24) is 9.88 Å². The van der Waals surface area contributed by atoms with Gasteiger partial charge in [-0.25, -0.2) is 4.98 Å². The smallest absolute Gasteiger partial charge is 0.416 e. The predicted octanol–water partition coefficient (Wildman–Crippen LogP) is 3.87. The normalized spacial score (nSPS) is 18.0. The molecule has 2 aromatic rings. The first-order valence-electron chi connectivity index (χ1n) is 10.8. The molecule has 0 spiro atoms. The second kappa shape index (κ2) is 9.77. The number of pyridine rings is 1. The number of benzene rings is 1. The molecule has 0 unspecified atom stereocenters. The van der Waals surface area contributed by atoms with E-state index in [4.69, 9.17) is 9.47 Å². The van der Waals surface area contributed by atoms with Gasteiger partial charge in [-0.15, -0.1) is 0 Å². The van der Waals surface area contributed by atoms with E-state index >= 15 is 0 Å². The summed E-state index contributed by atoms with van der Waals surface area (Å²) in [5.41, 5.74) is 0.314. The van der Waals surface area contributed by atoms with Crippen LogP contribution in [0.4, 0.5) is 18.9 Å². The van der Waals surface area contributed by atoms with Crippen LogP contribution in [0.25, 0.3) is 0 Å². The fraction of sp³-hybridized carbons (Fsp3) is 0.478. The second-order valence-corrected chi connectivity index (χ2v) is 8.08. The van der Waals surface area contributed by atoms with Crippen molar-refractivity contribution in [1.29, 1.82) is 0 Å². The van der Waals surface area contributed by atoms with Gasteiger partial charge in [0.15, 0.2) is 0 Å². The lowest BCUT2D eigenvalue weighted by Gasteiger charge is -2.36. The maximum atomic E-state index is 13.0. The van der Waals surface area contributed by atoms with Crippen LogP contribution in [0.5, 0.6) is 5.88 Å². The Bertz CT molecular complexity index is 907. The summed E-state index contributed by atoms with van der Waals surface area (Å²) in [5, 5.41) is 0. The van der Waals surface area contributed by atoms with Gasteiger partial charge < -0.3 is 19.3 Å². The Labute approximate surface area is 184 Å². The van der Waals surface area contributed by atoms with Gasteiger partial charge in [0.1, 0.15) is 0 Å². The third-order valence-electron chi connectivity index (χ3n) is 5.90. The van der Waals surface area contributed by atoms with E-state index in [1.807, 2.05) is 4.90 Å². The summed E-state index contributed by atoms with van der Waals surface area (Å²) in [4.78, 5) is 20.6. The maximum absolute atomic E-state index is 13.0. The average Bonchev–Trinajstić information content (AvgIpc) is 2.83. The van der Waals surface area contributed by atoms with Crippen LogP contribution in [0.1, 0.15) is 28.8 Å². The van der Waals surface area contributed by atoms with Crippen LogP contribution in [0.15, 0.2) is 42.6 Å². The van der Waals surface area contributed by atoms with Gasteiger partial charge in [0, 0.05) is 57.3 Å². The van der Waals surface area contributed by atoms with E-state index in [0.29, 0.717) is 55.8 Å². The first kappa shape index (κ1) is 22.4. The standard InChI is InChI=1S/C23H26F3N3O3/c24-23(25,26)19-2-1-3-20(14-19)28-8-10-29(11-9-28)22(30)18-4-5-21(27-15-18)32-16-17-6-12-31-13-7-17/h1-5,14-15,17H,6-13,16H2. The number of halogens is 3. The van der Waals surface area contributed by atoms with Crippen molar-refractivity contribution in [2.24, 2.45) is 5.92 Å². The van der Waals surface area contributed by atoms with Gasteiger partial charge in [-0.1, -0.05) is 6.07 Å². The highest BCUT2D eigenvalue weighted by atomic mass is 19.4. The Morgan fingerprint density at radius 2 is 1.84 bits per heavy atom. The largest absolute Gasteiger partial charge is 0.477 e. The quantitative estimate of drug-likeness (QED) is 0.694. The van der Waals surface area contributed by atoms with Crippen molar-refractivity contribution in [3.63, 3.8) is 0 Å². The molecule has 2 aliphatic rings. The molecule has 1 amide bonds. The number of ether oxygens (including phenoxy) is 2. The molecule has 0 aliphatic carbocycles. The summed E-state index contributed by atoms with van der Waals surface area (Å²) in [6, 6.07) is 8.69. The number of carbonyl (C=O) groups excluding carboxylic acids is 1. The second-order valence-electron chi connectivity index (χ2n) is 8.08. The summed E-state index contributed by atoms with van der Waals surface area (Å²) < 4.78 is 50.0. The van der Waals surface area contributed by atoms with Gasteiger partial charge in [0.25, 0.3) is 5.91 Å². The van der Waals surface area contributed by atoms with Gasteiger partial charge in [-0.3, -0.25) is 4.79 Å². The van der Waals surface area contributed by atoms with Crippen LogP contribution in [0.2, 0.25) is 0 Å². The minimum Gasteiger partial charge on any atom is -0.477 e. The van der Waals surface area contributed by atoms with Crippen molar-refractivity contribution in [3.8, 4) is 5.88 Å². The lowest BCUT2D eigenvalue weighted by Crippen LogP contribution is -2.48. The molecule has 0 bridgehead atoms. The Balaban J connectivity index is 1.29. The van der Waals surface area contributed by atoms with E-state index in [9.17, 15) is 18.0 Å². The van der Waals surface area contributed by atoms with Crippen LogP contribution >= 0.6 is 0 Å². The van der Waals surface area contributed by atoms with Gasteiger partial charge in [-0.05, 0) is 43.0 Å². The van der Waals surface area contributed by atoms with E-state index in [1.54, 1.807) is 23.1 Å². The number of aromatic nitrogens is 1. The molecular formula is C23H26F3N3O3. The maximum Gasteiger partial charge on any atom is 0.416 e. The number of hydrogen-bond donors (Lipinski definition) is 0. The van der Waals surface area contributed by atoms with E-state index in [2.05, 4.69) is 4.98 Å². The topological polar surface area (TPSA) is 54.9 Å². The fourth-order valence-corrected chi connectivity index (χ4v) is 3.94. The van der Waals surface area contributed by atoms with Crippen LogP contribution in [-0.4, -0.2) is 61.8 Å². The van der Waals surface area contributed by atoms with Crippen LogP contribution in [0, 0.1) is 5.92 Å². The monoisotopic (exact) mass is 449 g/mol. The Morgan fingerprint density at radius 3 is 2.50 bits per heavy atom. The predicted molar refractivity (Wildman–Crippen MR) is 113 cm³/mol. The molecular weight excluding hydrogens is 423 g/mol. The van der Waals surface area contributed by atoms with E-state index in [0.717, 1.165) is 38.2 Å². The van der Waals surface area contributed by atoms with Crippen LogP contribution in [-0.2, 0) is 10.9 Å². The molecule has 0 radical (unpaired) electrons. The molecule has 9 heteroatoms. The lowest BCUT2D eigenvalue weighted by atomic mass is 10.0. The zero-order valence-electron chi connectivity index (χ0n) is 17.7. The number of carbonyl (C=O) groups is 1. The van der Waals surface area contributed by atoms with E-state index in [1.165, 1.54) is 12.3 Å². The number of rotatable bonds is 5. The highest BCUT2D eigenvalue weighted by Gasteiger charge is 2.31. The zero-order chi connectivity index (χ0) is 22.6. The first-order valence-corrected chi connectivity index (χ1v) is 10.8. The molecule has 2 aliphatic heterocycles. The summed E-state index contributed by atoms with van der Waals surface area (Å²) in [6.07, 6.45) is -0.908. The Kier molecular flexibility index (Phi) is 6.83. The summed E-state index contributed by atoms with van der Waals surface area (Å²) in [5.74, 6) is 0.805. The Hall–Kier alpha value is -2.81. The highest BCUT2D eigenvalue weighted by Crippen LogP contribution is 2.32. The SMILES string of the molecule is O=C(c1ccc(OCC2CCOCC2)nc1)N1CCN(c2cccc(C(F)(F)F)c2)CC1. The van der Waals surface area contributed by atoms with Gasteiger partial charge in [0.2, 0.25) is 5.88 Å². The minimum absolute atomic E-state index is 0.142. The number of anilines is 1. The molecule has 2 saturated heterocycles. The molecule has 3 heterocycles. The average molecular weight is 449 g/mol. The molecule has 2 fully saturated rings. The molecule has 172 valence electrons. The Morgan fingerprint density at radius 1 is 1.09 bits per heavy atom. The van der Waals surface area contributed by atoms with E-state index < -0.39 is 11.7 Å². The molecule has 0 atom stereocenters. The van der Waals surface area contributed by atoms with Crippen LogP contribution in [0.3, 0.4) is 0 Å². The highest BCUT2D eigenvalue weighted by molar-refractivity contribution is 5.94. The van der Waals surface area contributed by atoms with Crippen molar-refractivity contribution >= 4 is 11.6 Å². The van der Waals surface area contributed by atoms with Crippen molar-refractivity contribution in [2.75, 3.05) is 50.9 Å². The number of hydrogen-bond acceptors (Lipinski definition) is 5. The van der Waals surface area contributed by atoms with Gasteiger partial charge in [-0.2, -0.15) is 13.2 Å². The minimum atomic E-state index is -4.37. The lowest BCUT2D eigenvalue weighted by molar-refractivity contribution is -0.137. The molecule has 6 nitrogen and oxygen atoms in total. The molecule has 1 aromatic heterocycles.